The molecule has 0 aliphatic heterocycles. The number of para-hydroxylation sites is 1. The summed E-state index contributed by atoms with van der Waals surface area (Å²) in [6, 6.07) is 20.5. The molecule has 0 fully saturated rings. The molecular weight excluding hydrogens is 334 g/mol. The second kappa shape index (κ2) is 6.46. The van der Waals surface area contributed by atoms with Gasteiger partial charge in [-0.1, -0.05) is 41.9 Å². The van der Waals surface area contributed by atoms with Crippen LogP contribution in [0, 0.1) is 0 Å². The molecular formula is C21H14ClNO2. The lowest BCUT2D eigenvalue weighted by molar-refractivity contribution is 0.480. The fourth-order valence-corrected chi connectivity index (χ4v) is 2.88. The summed E-state index contributed by atoms with van der Waals surface area (Å²) in [5.41, 5.74) is 2.18. The third-order valence-electron chi connectivity index (χ3n) is 3.90. The Morgan fingerprint density at radius 3 is 2.64 bits per heavy atom. The van der Waals surface area contributed by atoms with E-state index in [0.717, 1.165) is 22.4 Å². The highest BCUT2D eigenvalue weighted by Gasteiger charge is 2.07. The number of hydrogen-bond acceptors (Lipinski definition) is 3. The molecule has 4 rings (SSSR count). The monoisotopic (exact) mass is 347 g/mol. The number of nitrogens with zero attached hydrogens (tertiary/aromatic N) is 1. The number of phenols is 1. The minimum absolute atomic E-state index is 0.173. The van der Waals surface area contributed by atoms with E-state index < -0.39 is 0 Å². The van der Waals surface area contributed by atoms with Crippen LogP contribution in [0.2, 0.25) is 5.02 Å². The summed E-state index contributed by atoms with van der Waals surface area (Å²) in [6.07, 6.45) is 3.69. The van der Waals surface area contributed by atoms with Gasteiger partial charge in [0.1, 0.15) is 22.8 Å². The van der Waals surface area contributed by atoms with E-state index in [9.17, 15) is 5.11 Å². The van der Waals surface area contributed by atoms with Crippen LogP contribution < -0.4 is 0 Å². The van der Waals surface area contributed by atoms with E-state index in [1.165, 1.54) is 0 Å². The van der Waals surface area contributed by atoms with E-state index in [1.54, 1.807) is 12.1 Å². The standard InChI is InChI=1S/C21H14ClNO2/c22-18-6-2-1-5-17(18)20-13-12-16(25-20)11-10-15-9-8-14-4-3-7-19(24)21(14)23-15/h1-13,24H/b11-10-. The Hall–Kier alpha value is -3.04. The molecule has 0 unspecified atom stereocenters. The number of rotatable bonds is 3. The smallest absolute Gasteiger partial charge is 0.141 e. The maximum Gasteiger partial charge on any atom is 0.141 e. The zero-order valence-electron chi connectivity index (χ0n) is 13.2. The fraction of sp³-hybridized carbons (Fsp3) is 0. The molecule has 0 bridgehead atoms. The Labute approximate surface area is 149 Å². The highest BCUT2D eigenvalue weighted by molar-refractivity contribution is 6.33. The van der Waals surface area contributed by atoms with Gasteiger partial charge in [0.15, 0.2) is 0 Å². The number of phenolic OH excluding ortho intramolecular Hbond substituents is 1. The highest BCUT2D eigenvalue weighted by Crippen LogP contribution is 2.29. The van der Waals surface area contributed by atoms with Crippen molar-refractivity contribution in [3.63, 3.8) is 0 Å². The van der Waals surface area contributed by atoms with Gasteiger partial charge >= 0.3 is 0 Å². The van der Waals surface area contributed by atoms with Gasteiger partial charge in [-0.15, -0.1) is 0 Å². The lowest BCUT2D eigenvalue weighted by atomic mass is 10.2. The number of fused-ring (bicyclic) bond motifs is 1. The van der Waals surface area contributed by atoms with Crippen LogP contribution in [0.15, 0.2) is 71.1 Å². The first-order chi connectivity index (χ1) is 12.2. The molecule has 4 aromatic rings. The summed E-state index contributed by atoms with van der Waals surface area (Å²) >= 11 is 6.20. The van der Waals surface area contributed by atoms with E-state index in [0.29, 0.717) is 16.3 Å². The van der Waals surface area contributed by atoms with Gasteiger partial charge in [-0.05, 0) is 48.6 Å². The van der Waals surface area contributed by atoms with Gasteiger partial charge in [0.05, 0.1) is 10.7 Å². The van der Waals surface area contributed by atoms with Crippen molar-refractivity contribution in [3.8, 4) is 17.1 Å². The van der Waals surface area contributed by atoms with Crippen molar-refractivity contribution in [2.45, 2.75) is 0 Å². The molecule has 0 aliphatic carbocycles. The minimum atomic E-state index is 0.173. The van der Waals surface area contributed by atoms with Crippen LogP contribution in [0.25, 0.3) is 34.4 Å². The van der Waals surface area contributed by atoms with E-state index in [-0.39, 0.29) is 5.75 Å². The van der Waals surface area contributed by atoms with Crippen molar-refractivity contribution in [2.75, 3.05) is 0 Å². The SMILES string of the molecule is Oc1cccc2ccc(/C=C\c3ccc(-c4ccccc4Cl)o3)nc12. The number of aromatic nitrogens is 1. The normalized spacial score (nSPS) is 11.4. The predicted molar refractivity (Wildman–Crippen MR) is 101 cm³/mol. The summed E-state index contributed by atoms with van der Waals surface area (Å²) in [4.78, 5) is 4.47. The fourth-order valence-electron chi connectivity index (χ4n) is 2.66. The molecule has 25 heavy (non-hydrogen) atoms. The van der Waals surface area contributed by atoms with E-state index in [4.69, 9.17) is 16.0 Å². The van der Waals surface area contributed by atoms with Crippen LogP contribution in [0.4, 0.5) is 0 Å². The molecule has 0 aliphatic rings. The lowest BCUT2D eigenvalue weighted by Crippen LogP contribution is -1.83. The van der Waals surface area contributed by atoms with Crippen LogP contribution in [-0.2, 0) is 0 Å². The van der Waals surface area contributed by atoms with Crippen LogP contribution >= 0.6 is 11.6 Å². The third kappa shape index (κ3) is 3.14. The summed E-state index contributed by atoms with van der Waals surface area (Å²) < 4.78 is 5.84. The molecule has 4 heteroatoms. The second-order valence-electron chi connectivity index (χ2n) is 5.60. The number of hydrogen-bond donors (Lipinski definition) is 1. The average Bonchev–Trinajstić information content (AvgIpc) is 3.10. The van der Waals surface area contributed by atoms with Crippen molar-refractivity contribution in [2.24, 2.45) is 0 Å². The van der Waals surface area contributed by atoms with Gasteiger partial charge in [0, 0.05) is 10.9 Å². The Morgan fingerprint density at radius 2 is 1.76 bits per heavy atom. The first-order valence-electron chi connectivity index (χ1n) is 7.82. The van der Waals surface area contributed by atoms with E-state index in [1.807, 2.05) is 66.7 Å². The maximum atomic E-state index is 9.92. The van der Waals surface area contributed by atoms with E-state index >= 15 is 0 Å². The molecule has 1 N–H and O–H groups in total. The lowest BCUT2D eigenvalue weighted by Gasteiger charge is -2.01. The van der Waals surface area contributed by atoms with Gasteiger partial charge in [-0.2, -0.15) is 0 Å². The highest BCUT2D eigenvalue weighted by atomic mass is 35.5. The Morgan fingerprint density at radius 1 is 0.880 bits per heavy atom. The summed E-state index contributed by atoms with van der Waals surface area (Å²) in [5.74, 6) is 1.59. The number of benzene rings is 2. The molecule has 0 atom stereocenters. The maximum absolute atomic E-state index is 9.92. The molecule has 2 aromatic heterocycles. The molecule has 0 amide bonds. The van der Waals surface area contributed by atoms with Gasteiger partial charge in [0.25, 0.3) is 0 Å². The molecule has 0 saturated heterocycles. The van der Waals surface area contributed by atoms with Crippen molar-refractivity contribution in [1.29, 1.82) is 0 Å². The first kappa shape index (κ1) is 15.5. The second-order valence-corrected chi connectivity index (χ2v) is 6.01. The molecule has 0 saturated carbocycles. The molecule has 0 spiro atoms. The zero-order valence-corrected chi connectivity index (χ0v) is 13.9. The van der Waals surface area contributed by atoms with Crippen LogP contribution in [-0.4, -0.2) is 10.1 Å². The number of furan rings is 1. The zero-order chi connectivity index (χ0) is 17.2. The van der Waals surface area contributed by atoms with Gasteiger partial charge in [0.2, 0.25) is 0 Å². The van der Waals surface area contributed by atoms with Crippen molar-refractivity contribution >= 4 is 34.7 Å². The molecule has 2 heterocycles. The molecule has 2 aromatic carbocycles. The average molecular weight is 348 g/mol. The molecule has 122 valence electrons. The Bertz CT molecular complexity index is 1080. The van der Waals surface area contributed by atoms with Crippen molar-refractivity contribution in [1.82, 2.24) is 4.98 Å². The van der Waals surface area contributed by atoms with Crippen LogP contribution in [0.1, 0.15) is 11.5 Å². The minimum Gasteiger partial charge on any atom is -0.506 e. The molecule has 3 nitrogen and oxygen atoms in total. The van der Waals surface area contributed by atoms with Crippen LogP contribution in [0.3, 0.4) is 0 Å². The van der Waals surface area contributed by atoms with Gasteiger partial charge in [-0.25, -0.2) is 4.98 Å². The van der Waals surface area contributed by atoms with Crippen molar-refractivity contribution < 1.29 is 9.52 Å². The first-order valence-corrected chi connectivity index (χ1v) is 8.20. The summed E-state index contributed by atoms with van der Waals surface area (Å²) in [7, 11) is 0. The van der Waals surface area contributed by atoms with Crippen molar-refractivity contribution in [3.05, 3.63) is 83.2 Å². The predicted octanol–water partition coefficient (Wildman–Crippen LogP) is 6.02. The number of pyridine rings is 1. The van der Waals surface area contributed by atoms with Gasteiger partial charge < -0.3 is 9.52 Å². The Kier molecular flexibility index (Phi) is 4.00. The number of halogens is 1. The largest absolute Gasteiger partial charge is 0.506 e. The van der Waals surface area contributed by atoms with Crippen LogP contribution in [0.5, 0.6) is 5.75 Å². The topological polar surface area (TPSA) is 46.3 Å². The van der Waals surface area contributed by atoms with Gasteiger partial charge in [-0.3, -0.25) is 0 Å². The Balaban J connectivity index is 1.63. The molecule has 0 radical (unpaired) electrons. The van der Waals surface area contributed by atoms with E-state index in [2.05, 4.69) is 4.98 Å². The third-order valence-corrected chi connectivity index (χ3v) is 4.23. The number of aromatic hydroxyl groups is 1. The quantitative estimate of drug-likeness (QED) is 0.492. The summed E-state index contributed by atoms with van der Waals surface area (Å²) in [6.45, 7) is 0. The summed E-state index contributed by atoms with van der Waals surface area (Å²) in [5, 5.41) is 11.5.